The van der Waals surface area contributed by atoms with Crippen molar-refractivity contribution in [3.05, 3.63) is 82.3 Å². The first-order chi connectivity index (χ1) is 16.5. The molecule has 4 rings (SSSR count). The molecule has 0 bridgehead atoms. The number of imidazole rings is 1. The fraction of sp³-hybridized carbons (Fsp3) is 0.261. The number of alkyl halides is 3. The van der Waals surface area contributed by atoms with Crippen molar-refractivity contribution >= 4 is 29.2 Å². The Bertz CT molecular complexity index is 1160. The molecule has 1 aliphatic rings. The van der Waals surface area contributed by atoms with Gasteiger partial charge in [-0.05, 0) is 49.4 Å². The van der Waals surface area contributed by atoms with Gasteiger partial charge in [0.05, 0.1) is 24.1 Å². The minimum atomic E-state index is -4.77. The van der Waals surface area contributed by atoms with Gasteiger partial charge in [0.1, 0.15) is 17.7 Å². The number of nitrogens with one attached hydrogen (secondary N) is 2. The van der Waals surface area contributed by atoms with Crippen molar-refractivity contribution in [2.24, 2.45) is 0 Å². The molecule has 12 heteroatoms. The number of hydrogen-bond acceptors (Lipinski definition) is 3. The van der Waals surface area contributed by atoms with E-state index >= 15 is 0 Å². The molecule has 0 spiro atoms. The average molecular weight is 517 g/mol. The summed E-state index contributed by atoms with van der Waals surface area (Å²) in [5.41, 5.74) is -1.25. The zero-order valence-corrected chi connectivity index (χ0v) is 19.6. The van der Waals surface area contributed by atoms with Gasteiger partial charge in [-0.1, -0.05) is 25.4 Å². The van der Waals surface area contributed by atoms with Gasteiger partial charge < -0.3 is 15.2 Å². The summed E-state index contributed by atoms with van der Waals surface area (Å²) in [5, 5.41) is 5.52. The van der Waals surface area contributed by atoms with Crippen molar-refractivity contribution in [1.82, 2.24) is 14.9 Å². The Balaban J connectivity index is 0.000000363. The number of halogens is 6. The van der Waals surface area contributed by atoms with E-state index in [0.717, 1.165) is 0 Å². The lowest BCUT2D eigenvalue weighted by Crippen LogP contribution is -2.37. The van der Waals surface area contributed by atoms with E-state index in [1.54, 1.807) is 11.5 Å². The molecule has 0 radical (unpaired) electrons. The monoisotopic (exact) mass is 516 g/mol. The van der Waals surface area contributed by atoms with Gasteiger partial charge in [-0.2, -0.15) is 13.2 Å². The number of fused-ring (bicyclic) bond motifs is 1. The molecule has 0 saturated carbocycles. The summed E-state index contributed by atoms with van der Waals surface area (Å²) in [6.07, 6.45) is -3.43. The van der Waals surface area contributed by atoms with Crippen molar-refractivity contribution in [2.45, 2.75) is 39.5 Å². The molecule has 0 aliphatic carbocycles. The standard InChI is InChI=1S/C15H12F4N4O2.C6H4ClF.C2H6/c1-7-13(24)20-5-11-12(21-6-23(7)11)22-14(25)8-2-9(15(17,18)19)4-10(16)3-8;7-5-1-3-6(8)4-2-5;1-2/h2-4,6-7H,5H2,1H3,(H,20,24)(H,22,25);1-4H;1-2H3. The van der Waals surface area contributed by atoms with E-state index in [4.69, 9.17) is 11.6 Å². The smallest absolute Gasteiger partial charge is 0.349 e. The molecule has 2 aromatic carbocycles. The molecule has 2 heterocycles. The first kappa shape index (κ1) is 27.8. The van der Waals surface area contributed by atoms with Crippen molar-refractivity contribution in [3.63, 3.8) is 0 Å². The van der Waals surface area contributed by atoms with E-state index in [-0.39, 0.29) is 24.1 Å². The molecule has 2 N–H and O–H groups in total. The van der Waals surface area contributed by atoms with E-state index in [0.29, 0.717) is 28.9 Å². The lowest BCUT2D eigenvalue weighted by atomic mass is 10.1. The summed E-state index contributed by atoms with van der Waals surface area (Å²) < 4.78 is 65.2. The number of hydrogen-bond donors (Lipinski definition) is 2. The Labute approximate surface area is 203 Å². The number of rotatable bonds is 2. The molecule has 1 unspecified atom stereocenters. The SMILES string of the molecule is CC.CC1C(=O)NCc2c(NC(=O)c3cc(F)cc(C(F)(F)F)c3)ncn21.Fc1ccc(Cl)cc1. The number of carbonyl (C=O) groups excluding carboxylic acids is 2. The second-order valence-electron chi connectivity index (χ2n) is 6.96. The highest BCUT2D eigenvalue weighted by molar-refractivity contribution is 6.30. The molecule has 2 amide bonds. The van der Waals surface area contributed by atoms with Crippen LogP contribution in [0.4, 0.5) is 27.8 Å². The predicted molar refractivity (Wildman–Crippen MR) is 121 cm³/mol. The molecule has 1 aliphatic heterocycles. The molecule has 0 fully saturated rings. The van der Waals surface area contributed by atoms with Crippen LogP contribution in [0.15, 0.2) is 48.8 Å². The van der Waals surface area contributed by atoms with E-state index in [2.05, 4.69) is 15.6 Å². The topological polar surface area (TPSA) is 76.0 Å². The Hall–Kier alpha value is -3.47. The maximum Gasteiger partial charge on any atom is 0.416 e. The van der Waals surface area contributed by atoms with E-state index in [1.807, 2.05) is 13.8 Å². The summed E-state index contributed by atoms with van der Waals surface area (Å²) in [6, 6.07) is 6.71. The molecule has 1 atom stereocenters. The highest BCUT2D eigenvalue weighted by atomic mass is 35.5. The maximum absolute atomic E-state index is 13.4. The van der Waals surface area contributed by atoms with Gasteiger partial charge in [0, 0.05) is 10.6 Å². The summed E-state index contributed by atoms with van der Waals surface area (Å²) in [5.74, 6) is -2.49. The van der Waals surface area contributed by atoms with E-state index in [1.165, 1.54) is 30.6 Å². The van der Waals surface area contributed by atoms with Crippen LogP contribution in [0.2, 0.25) is 5.02 Å². The third-order valence-electron chi connectivity index (χ3n) is 4.65. The van der Waals surface area contributed by atoms with Crippen LogP contribution >= 0.6 is 11.6 Å². The zero-order chi connectivity index (χ0) is 26.3. The third-order valence-corrected chi connectivity index (χ3v) is 4.90. The number of anilines is 1. The van der Waals surface area contributed by atoms with E-state index < -0.39 is 35.1 Å². The van der Waals surface area contributed by atoms with Gasteiger partial charge in [0.15, 0.2) is 5.82 Å². The molecular formula is C23H22ClF5N4O2. The molecule has 6 nitrogen and oxygen atoms in total. The zero-order valence-electron chi connectivity index (χ0n) is 18.9. The third kappa shape index (κ3) is 7.25. The Morgan fingerprint density at radius 1 is 1.11 bits per heavy atom. The first-order valence-corrected chi connectivity index (χ1v) is 10.8. The van der Waals surface area contributed by atoms with Crippen molar-refractivity contribution in [1.29, 1.82) is 0 Å². The number of nitrogens with zero attached hydrogens (tertiary/aromatic N) is 2. The first-order valence-electron chi connectivity index (χ1n) is 10.4. The van der Waals surface area contributed by atoms with E-state index in [9.17, 15) is 31.5 Å². The second-order valence-corrected chi connectivity index (χ2v) is 7.39. The lowest BCUT2D eigenvalue weighted by molar-refractivity contribution is -0.137. The van der Waals surface area contributed by atoms with Crippen LogP contribution in [0, 0.1) is 11.6 Å². The van der Waals surface area contributed by atoms with Gasteiger partial charge in [0.25, 0.3) is 5.91 Å². The Morgan fingerprint density at radius 3 is 2.31 bits per heavy atom. The molecule has 35 heavy (non-hydrogen) atoms. The second kappa shape index (κ2) is 11.8. The highest BCUT2D eigenvalue weighted by Crippen LogP contribution is 2.31. The van der Waals surface area contributed by atoms with Crippen LogP contribution in [-0.2, 0) is 17.5 Å². The maximum atomic E-state index is 13.4. The summed E-state index contributed by atoms with van der Waals surface area (Å²) >= 11 is 5.44. The normalized spacial score (nSPS) is 14.4. The average Bonchev–Trinajstić information content (AvgIpc) is 3.22. The highest BCUT2D eigenvalue weighted by Gasteiger charge is 2.32. The molecular weight excluding hydrogens is 495 g/mol. The Morgan fingerprint density at radius 2 is 1.74 bits per heavy atom. The number of carbonyl (C=O) groups is 2. The fourth-order valence-corrected chi connectivity index (χ4v) is 3.06. The van der Waals surface area contributed by atoms with Crippen molar-refractivity contribution < 1.29 is 31.5 Å². The summed E-state index contributed by atoms with van der Waals surface area (Å²) in [4.78, 5) is 27.7. The molecule has 1 aromatic heterocycles. The van der Waals surface area contributed by atoms with Gasteiger partial charge >= 0.3 is 6.18 Å². The van der Waals surface area contributed by atoms with Crippen LogP contribution in [0.1, 0.15) is 48.4 Å². The van der Waals surface area contributed by atoms with Crippen molar-refractivity contribution in [3.8, 4) is 0 Å². The molecule has 188 valence electrons. The Kier molecular flexibility index (Phi) is 9.35. The quantitative estimate of drug-likeness (QED) is 0.411. The van der Waals surface area contributed by atoms with Gasteiger partial charge in [-0.15, -0.1) is 0 Å². The minimum absolute atomic E-state index is 0.0923. The summed E-state index contributed by atoms with van der Waals surface area (Å²) in [6.45, 7) is 5.74. The van der Waals surface area contributed by atoms with Crippen LogP contribution in [0.25, 0.3) is 0 Å². The molecule has 3 aromatic rings. The van der Waals surface area contributed by atoms with Crippen LogP contribution in [0.5, 0.6) is 0 Å². The summed E-state index contributed by atoms with van der Waals surface area (Å²) in [7, 11) is 0. The minimum Gasteiger partial charge on any atom is -0.349 e. The predicted octanol–water partition coefficient (Wildman–Crippen LogP) is 5.99. The van der Waals surface area contributed by atoms with Crippen LogP contribution < -0.4 is 10.6 Å². The largest absolute Gasteiger partial charge is 0.416 e. The van der Waals surface area contributed by atoms with Crippen LogP contribution in [-0.4, -0.2) is 21.4 Å². The van der Waals surface area contributed by atoms with Gasteiger partial charge in [0.2, 0.25) is 5.91 Å². The van der Waals surface area contributed by atoms with Gasteiger partial charge in [-0.25, -0.2) is 13.8 Å². The van der Waals surface area contributed by atoms with Crippen LogP contribution in [0.3, 0.4) is 0 Å². The lowest BCUT2D eigenvalue weighted by Gasteiger charge is -2.22. The molecule has 0 saturated heterocycles. The van der Waals surface area contributed by atoms with Gasteiger partial charge in [-0.3, -0.25) is 9.59 Å². The number of amides is 2. The number of benzene rings is 2. The fourth-order valence-electron chi connectivity index (χ4n) is 2.94. The number of aromatic nitrogens is 2. The van der Waals surface area contributed by atoms with Crippen molar-refractivity contribution in [2.75, 3.05) is 5.32 Å².